The van der Waals surface area contributed by atoms with Gasteiger partial charge in [-0.25, -0.2) is 0 Å². The summed E-state index contributed by atoms with van der Waals surface area (Å²) in [5, 5.41) is 7.18. The third-order valence-electron chi connectivity index (χ3n) is 4.67. The molecule has 0 radical (unpaired) electrons. The van der Waals surface area contributed by atoms with Crippen LogP contribution in [-0.2, 0) is 13.0 Å². The van der Waals surface area contributed by atoms with E-state index in [0.717, 1.165) is 29.0 Å². The molecule has 1 amide bonds. The van der Waals surface area contributed by atoms with Crippen LogP contribution in [0.25, 0.3) is 11.3 Å². The number of ether oxygens (including phenoxy) is 1. The number of aromatic amines is 1. The minimum atomic E-state index is -0.0212. The van der Waals surface area contributed by atoms with Crippen LogP contribution in [-0.4, -0.2) is 34.2 Å². The van der Waals surface area contributed by atoms with Crippen LogP contribution in [0.5, 0.6) is 5.75 Å². The highest BCUT2D eigenvalue weighted by molar-refractivity contribution is 5.93. The van der Waals surface area contributed by atoms with E-state index in [4.69, 9.17) is 4.74 Å². The normalized spacial score (nSPS) is 13.3. The molecule has 0 bridgehead atoms. The predicted octanol–water partition coefficient (Wildman–Crippen LogP) is 3.67. The Morgan fingerprint density at radius 3 is 2.81 bits per heavy atom. The molecule has 132 valence electrons. The van der Waals surface area contributed by atoms with Gasteiger partial charge >= 0.3 is 0 Å². The summed E-state index contributed by atoms with van der Waals surface area (Å²) in [6.45, 7) is 3.91. The lowest BCUT2D eigenvalue weighted by molar-refractivity contribution is 0.0728. The number of nitrogens with zero attached hydrogens (tertiary/aromatic N) is 2. The Hall–Kier alpha value is -3.08. The molecular weight excluding hydrogens is 326 g/mol. The van der Waals surface area contributed by atoms with E-state index in [-0.39, 0.29) is 5.91 Å². The fourth-order valence-corrected chi connectivity index (χ4v) is 3.32. The molecule has 2 heterocycles. The highest BCUT2D eigenvalue weighted by Gasteiger charge is 2.23. The number of hydrogen-bond donors (Lipinski definition) is 1. The van der Waals surface area contributed by atoms with Crippen LogP contribution in [0.1, 0.15) is 28.5 Å². The van der Waals surface area contributed by atoms with Gasteiger partial charge in [-0.3, -0.25) is 9.89 Å². The molecule has 0 saturated heterocycles. The molecule has 2 aromatic carbocycles. The fraction of sp³-hybridized carbons (Fsp3) is 0.238. The third kappa shape index (κ3) is 3.20. The first-order valence-electron chi connectivity index (χ1n) is 8.89. The second-order valence-corrected chi connectivity index (χ2v) is 6.37. The Bertz CT molecular complexity index is 918. The van der Waals surface area contributed by atoms with E-state index in [1.165, 1.54) is 5.56 Å². The summed E-state index contributed by atoms with van der Waals surface area (Å²) in [5.41, 5.74) is 4.73. The third-order valence-corrected chi connectivity index (χ3v) is 4.67. The van der Waals surface area contributed by atoms with Crippen LogP contribution in [0.3, 0.4) is 0 Å². The van der Waals surface area contributed by atoms with E-state index in [1.807, 2.05) is 60.4 Å². The monoisotopic (exact) mass is 347 g/mol. The summed E-state index contributed by atoms with van der Waals surface area (Å²) >= 11 is 0. The Morgan fingerprint density at radius 1 is 1.15 bits per heavy atom. The van der Waals surface area contributed by atoms with Gasteiger partial charge in [-0.15, -0.1) is 0 Å². The van der Waals surface area contributed by atoms with E-state index >= 15 is 0 Å². The maximum absolute atomic E-state index is 12.9. The predicted molar refractivity (Wildman–Crippen MR) is 100 cm³/mol. The first kappa shape index (κ1) is 16.4. The quantitative estimate of drug-likeness (QED) is 0.783. The summed E-state index contributed by atoms with van der Waals surface area (Å²) in [7, 11) is 0. The number of amides is 1. The second-order valence-electron chi connectivity index (χ2n) is 6.37. The van der Waals surface area contributed by atoms with Crippen molar-refractivity contribution in [3.63, 3.8) is 0 Å². The highest BCUT2D eigenvalue weighted by atomic mass is 16.5. The van der Waals surface area contributed by atoms with Gasteiger partial charge in [0.05, 0.1) is 12.3 Å². The minimum Gasteiger partial charge on any atom is -0.494 e. The summed E-state index contributed by atoms with van der Waals surface area (Å²) < 4.78 is 5.58. The van der Waals surface area contributed by atoms with Crippen LogP contribution < -0.4 is 4.74 Å². The maximum Gasteiger partial charge on any atom is 0.272 e. The van der Waals surface area contributed by atoms with Crippen molar-refractivity contribution < 1.29 is 9.53 Å². The van der Waals surface area contributed by atoms with Crippen LogP contribution >= 0.6 is 0 Å². The van der Waals surface area contributed by atoms with Crippen LogP contribution in [0.2, 0.25) is 0 Å². The molecule has 4 rings (SSSR count). The molecule has 1 aliphatic rings. The zero-order chi connectivity index (χ0) is 17.9. The number of nitrogens with one attached hydrogen (secondary N) is 1. The molecule has 0 atom stereocenters. The number of aromatic nitrogens is 2. The van der Waals surface area contributed by atoms with Gasteiger partial charge in [0.25, 0.3) is 5.91 Å². The van der Waals surface area contributed by atoms with Crippen molar-refractivity contribution in [2.24, 2.45) is 0 Å². The molecule has 1 N–H and O–H groups in total. The van der Waals surface area contributed by atoms with Gasteiger partial charge in [0, 0.05) is 18.7 Å². The molecule has 1 aliphatic heterocycles. The molecule has 26 heavy (non-hydrogen) atoms. The molecular formula is C21H21N3O2. The minimum absolute atomic E-state index is 0.0212. The van der Waals surface area contributed by atoms with E-state index in [2.05, 4.69) is 16.3 Å². The average molecular weight is 347 g/mol. The molecule has 0 spiro atoms. The number of benzene rings is 2. The lowest BCUT2D eigenvalue weighted by atomic mass is 9.99. The van der Waals surface area contributed by atoms with Crippen molar-refractivity contribution in [1.82, 2.24) is 15.1 Å². The lowest BCUT2D eigenvalue weighted by Crippen LogP contribution is -2.36. The van der Waals surface area contributed by atoms with Gasteiger partial charge < -0.3 is 9.64 Å². The number of carbonyl (C=O) groups excluding carboxylic acids is 1. The van der Waals surface area contributed by atoms with Gasteiger partial charge in [0.15, 0.2) is 0 Å². The summed E-state index contributed by atoms with van der Waals surface area (Å²) in [6, 6.07) is 17.8. The second kappa shape index (κ2) is 7.04. The maximum atomic E-state index is 12.9. The number of H-pyrrole nitrogens is 1. The SMILES string of the molecule is CCOc1ccc2c(c1)CN(C(=O)c1cc(-c3ccccc3)n[nH]1)CC2. The van der Waals surface area contributed by atoms with Crippen molar-refractivity contribution in [2.75, 3.05) is 13.2 Å². The highest BCUT2D eigenvalue weighted by Crippen LogP contribution is 2.25. The zero-order valence-corrected chi connectivity index (χ0v) is 14.7. The van der Waals surface area contributed by atoms with E-state index in [0.29, 0.717) is 25.4 Å². The first-order valence-corrected chi connectivity index (χ1v) is 8.89. The van der Waals surface area contributed by atoms with Gasteiger partial charge in [-0.1, -0.05) is 36.4 Å². The first-order chi connectivity index (χ1) is 12.7. The van der Waals surface area contributed by atoms with Gasteiger partial charge in [-0.05, 0) is 42.7 Å². The summed E-state index contributed by atoms with van der Waals surface area (Å²) in [4.78, 5) is 14.7. The van der Waals surface area contributed by atoms with E-state index in [1.54, 1.807) is 0 Å². The molecule has 0 unspecified atom stereocenters. The van der Waals surface area contributed by atoms with Crippen LogP contribution in [0.4, 0.5) is 0 Å². The number of hydrogen-bond acceptors (Lipinski definition) is 3. The van der Waals surface area contributed by atoms with Crippen molar-refractivity contribution >= 4 is 5.91 Å². The lowest BCUT2D eigenvalue weighted by Gasteiger charge is -2.28. The van der Waals surface area contributed by atoms with Crippen molar-refractivity contribution in [2.45, 2.75) is 19.9 Å². The van der Waals surface area contributed by atoms with Gasteiger partial charge in [0.2, 0.25) is 0 Å². The van der Waals surface area contributed by atoms with E-state index < -0.39 is 0 Å². The largest absolute Gasteiger partial charge is 0.494 e. The number of fused-ring (bicyclic) bond motifs is 1. The number of carbonyl (C=O) groups is 1. The van der Waals surface area contributed by atoms with Crippen LogP contribution in [0.15, 0.2) is 54.6 Å². The van der Waals surface area contributed by atoms with Gasteiger partial charge in [0.1, 0.15) is 11.4 Å². The topological polar surface area (TPSA) is 58.2 Å². The fourth-order valence-electron chi connectivity index (χ4n) is 3.32. The average Bonchev–Trinajstić information content (AvgIpc) is 3.18. The standard InChI is InChI=1S/C21H21N3O2/c1-2-26-18-9-8-15-10-11-24(14-17(15)12-18)21(25)20-13-19(22-23-20)16-6-4-3-5-7-16/h3-9,12-13H,2,10-11,14H2,1H3,(H,22,23). The van der Waals surface area contributed by atoms with Crippen molar-refractivity contribution in [3.05, 3.63) is 71.4 Å². The summed E-state index contributed by atoms with van der Waals surface area (Å²) in [6.07, 6.45) is 0.854. The Kier molecular flexibility index (Phi) is 4.44. The molecule has 3 aromatic rings. The Balaban J connectivity index is 1.53. The molecule has 0 fully saturated rings. The van der Waals surface area contributed by atoms with E-state index in [9.17, 15) is 4.79 Å². The smallest absolute Gasteiger partial charge is 0.272 e. The molecule has 5 nitrogen and oxygen atoms in total. The molecule has 0 saturated carbocycles. The van der Waals surface area contributed by atoms with Crippen LogP contribution in [0, 0.1) is 0 Å². The van der Waals surface area contributed by atoms with Crippen molar-refractivity contribution in [3.8, 4) is 17.0 Å². The summed E-state index contributed by atoms with van der Waals surface area (Å²) in [5.74, 6) is 0.834. The Labute approximate surface area is 152 Å². The van der Waals surface area contributed by atoms with Crippen molar-refractivity contribution in [1.29, 1.82) is 0 Å². The molecule has 1 aromatic heterocycles. The van der Waals surface area contributed by atoms with Gasteiger partial charge in [-0.2, -0.15) is 5.10 Å². The number of rotatable bonds is 4. The molecule has 0 aliphatic carbocycles. The molecule has 5 heteroatoms. The Morgan fingerprint density at radius 2 is 2.00 bits per heavy atom. The zero-order valence-electron chi connectivity index (χ0n) is 14.7.